The number of nitrogens with one attached hydrogen (secondary N) is 3. The van der Waals surface area contributed by atoms with Crippen molar-refractivity contribution in [2.75, 3.05) is 16.0 Å². The molecule has 6 heteroatoms. The van der Waals surface area contributed by atoms with Gasteiger partial charge in [0.15, 0.2) is 10.9 Å². The molecule has 3 rings (SSSR count). The molecular formula is C21H21N3O2S. The predicted molar refractivity (Wildman–Crippen MR) is 113 cm³/mol. The fourth-order valence-corrected chi connectivity index (χ4v) is 2.74. The molecule has 0 unspecified atom stereocenters. The second-order valence-corrected chi connectivity index (χ2v) is 6.78. The molecule has 0 fully saturated rings. The topological polar surface area (TPSA) is 66.3 Å². The van der Waals surface area contributed by atoms with Crippen LogP contribution in [0.3, 0.4) is 0 Å². The molecule has 0 saturated heterocycles. The maximum absolute atomic E-state index is 12.0. The molecule has 1 heterocycles. The summed E-state index contributed by atoms with van der Waals surface area (Å²) in [5.74, 6) is 0.436. The van der Waals surface area contributed by atoms with Gasteiger partial charge in [-0.25, -0.2) is 0 Å². The molecule has 0 radical (unpaired) electrons. The Labute approximate surface area is 163 Å². The first-order valence-electron chi connectivity index (χ1n) is 8.64. The minimum Gasteiger partial charge on any atom is -0.459 e. The second kappa shape index (κ2) is 8.51. The summed E-state index contributed by atoms with van der Waals surface area (Å²) in [7, 11) is 0. The van der Waals surface area contributed by atoms with Crippen molar-refractivity contribution in [1.82, 2.24) is 0 Å². The van der Waals surface area contributed by atoms with E-state index in [2.05, 4.69) is 41.9 Å². The van der Waals surface area contributed by atoms with Crippen LogP contribution in [0.15, 0.2) is 71.3 Å². The number of furan rings is 1. The Morgan fingerprint density at radius 1 is 0.889 bits per heavy atom. The number of rotatable bonds is 5. The van der Waals surface area contributed by atoms with E-state index in [1.807, 2.05) is 24.3 Å². The smallest absolute Gasteiger partial charge is 0.291 e. The largest absolute Gasteiger partial charge is 0.459 e. The molecule has 5 nitrogen and oxygen atoms in total. The van der Waals surface area contributed by atoms with Crippen LogP contribution in [-0.2, 0) is 0 Å². The lowest BCUT2D eigenvalue weighted by Crippen LogP contribution is -2.19. The lowest BCUT2D eigenvalue weighted by Gasteiger charge is -2.13. The van der Waals surface area contributed by atoms with Gasteiger partial charge in [-0.05, 0) is 72.2 Å². The molecule has 0 aliphatic rings. The minimum atomic E-state index is -0.289. The third-order valence-electron chi connectivity index (χ3n) is 3.96. The van der Waals surface area contributed by atoms with Gasteiger partial charge in [0.1, 0.15) is 0 Å². The molecule has 27 heavy (non-hydrogen) atoms. The van der Waals surface area contributed by atoms with Gasteiger partial charge in [-0.2, -0.15) is 0 Å². The molecule has 2 aromatic carbocycles. The normalized spacial score (nSPS) is 10.5. The summed E-state index contributed by atoms with van der Waals surface area (Å²) >= 11 is 5.38. The van der Waals surface area contributed by atoms with E-state index in [0.717, 1.165) is 11.4 Å². The van der Waals surface area contributed by atoms with E-state index >= 15 is 0 Å². The summed E-state index contributed by atoms with van der Waals surface area (Å²) in [5.41, 5.74) is 3.69. The van der Waals surface area contributed by atoms with Gasteiger partial charge in [0, 0.05) is 17.1 Å². The zero-order valence-electron chi connectivity index (χ0n) is 15.2. The fourth-order valence-electron chi connectivity index (χ4n) is 2.51. The maximum atomic E-state index is 12.0. The summed E-state index contributed by atoms with van der Waals surface area (Å²) in [6.07, 6.45) is 1.47. The van der Waals surface area contributed by atoms with E-state index in [1.54, 1.807) is 24.3 Å². The van der Waals surface area contributed by atoms with Crippen LogP contribution in [0.25, 0.3) is 0 Å². The Balaban J connectivity index is 1.57. The van der Waals surface area contributed by atoms with Gasteiger partial charge in [-0.3, -0.25) is 4.79 Å². The third-order valence-corrected chi connectivity index (χ3v) is 4.16. The Morgan fingerprint density at radius 3 is 2.19 bits per heavy atom. The van der Waals surface area contributed by atoms with Gasteiger partial charge in [-0.15, -0.1) is 0 Å². The van der Waals surface area contributed by atoms with Crippen molar-refractivity contribution in [2.24, 2.45) is 0 Å². The monoisotopic (exact) mass is 379 g/mol. The second-order valence-electron chi connectivity index (χ2n) is 6.37. The van der Waals surface area contributed by atoms with Crippen LogP contribution < -0.4 is 16.0 Å². The number of carbonyl (C=O) groups excluding carboxylic acids is 1. The number of amides is 1. The van der Waals surface area contributed by atoms with Crippen LogP contribution in [0.2, 0.25) is 0 Å². The van der Waals surface area contributed by atoms with Gasteiger partial charge in [-0.1, -0.05) is 26.0 Å². The van der Waals surface area contributed by atoms with E-state index in [0.29, 0.717) is 16.7 Å². The highest BCUT2D eigenvalue weighted by molar-refractivity contribution is 7.80. The molecule has 3 aromatic rings. The van der Waals surface area contributed by atoms with Crippen molar-refractivity contribution < 1.29 is 9.21 Å². The standard InChI is InChI=1S/C21H21N3O2S/c1-14(2)15-5-3-6-18(13-15)24-21(27)23-17-10-8-16(9-11-17)22-20(25)19-7-4-12-26-19/h3-14H,1-2H3,(H,22,25)(H2,23,24,27). The number of carbonyl (C=O) groups is 1. The first-order valence-corrected chi connectivity index (χ1v) is 9.05. The average molecular weight is 379 g/mol. The van der Waals surface area contributed by atoms with Crippen LogP contribution >= 0.6 is 12.2 Å². The van der Waals surface area contributed by atoms with Crippen LogP contribution in [-0.4, -0.2) is 11.0 Å². The molecule has 0 spiro atoms. The lowest BCUT2D eigenvalue weighted by atomic mass is 10.0. The molecule has 0 atom stereocenters. The minimum absolute atomic E-state index is 0.270. The van der Waals surface area contributed by atoms with E-state index in [9.17, 15) is 4.79 Å². The number of hydrogen-bond acceptors (Lipinski definition) is 3. The first kappa shape index (κ1) is 18.7. The molecule has 0 saturated carbocycles. The zero-order chi connectivity index (χ0) is 19.2. The van der Waals surface area contributed by atoms with E-state index in [1.165, 1.54) is 11.8 Å². The van der Waals surface area contributed by atoms with Gasteiger partial charge in [0.25, 0.3) is 5.91 Å². The highest BCUT2D eigenvalue weighted by Gasteiger charge is 2.08. The average Bonchev–Trinajstić information content (AvgIpc) is 3.18. The summed E-state index contributed by atoms with van der Waals surface area (Å²) in [4.78, 5) is 12.0. The Kier molecular flexibility index (Phi) is 5.88. The molecule has 1 amide bonds. The van der Waals surface area contributed by atoms with E-state index in [-0.39, 0.29) is 11.7 Å². The van der Waals surface area contributed by atoms with Crippen molar-refractivity contribution in [3.05, 3.63) is 78.3 Å². The van der Waals surface area contributed by atoms with E-state index in [4.69, 9.17) is 16.6 Å². The molecule has 138 valence electrons. The van der Waals surface area contributed by atoms with Gasteiger partial charge in [0.2, 0.25) is 0 Å². The van der Waals surface area contributed by atoms with Gasteiger partial charge < -0.3 is 20.4 Å². The van der Waals surface area contributed by atoms with Gasteiger partial charge in [0.05, 0.1) is 6.26 Å². The Bertz CT molecular complexity index is 919. The summed E-state index contributed by atoms with van der Waals surface area (Å²) in [6.45, 7) is 4.31. The Hall–Kier alpha value is -3.12. The molecule has 3 N–H and O–H groups in total. The number of anilines is 3. The van der Waals surface area contributed by atoms with Crippen LogP contribution in [0.5, 0.6) is 0 Å². The summed E-state index contributed by atoms with van der Waals surface area (Å²) in [5, 5.41) is 9.60. The highest BCUT2D eigenvalue weighted by atomic mass is 32.1. The highest BCUT2D eigenvalue weighted by Crippen LogP contribution is 2.19. The summed E-state index contributed by atoms with van der Waals surface area (Å²) < 4.78 is 5.07. The van der Waals surface area contributed by atoms with Crippen LogP contribution in [0, 0.1) is 0 Å². The summed E-state index contributed by atoms with van der Waals surface area (Å²) in [6, 6.07) is 18.7. The SMILES string of the molecule is CC(C)c1cccc(NC(=S)Nc2ccc(NC(=O)c3ccco3)cc2)c1. The molecule has 0 aliphatic carbocycles. The van der Waals surface area contributed by atoms with Gasteiger partial charge >= 0.3 is 0 Å². The van der Waals surface area contributed by atoms with Crippen molar-refractivity contribution in [2.45, 2.75) is 19.8 Å². The number of thiocarbonyl (C=S) groups is 1. The van der Waals surface area contributed by atoms with Crippen molar-refractivity contribution in [3.63, 3.8) is 0 Å². The fraction of sp³-hybridized carbons (Fsp3) is 0.143. The first-order chi connectivity index (χ1) is 13.0. The van der Waals surface area contributed by atoms with Crippen molar-refractivity contribution in [3.8, 4) is 0 Å². The molecule has 0 aliphatic heterocycles. The zero-order valence-corrected chi connectivity index (χ0v) is 16.0. The quantitative estimate of drug-likeness (QED) is 0.513. The maximum Gasteiger partial charge on any atom is 0.291 e. The third kappa shape index (κ3) is 5.18. The molecular weight excluding hydrogens is 358 g/mol. The molecule has 0 bridgehead atoms. The number of benzene rings is 2. The number of hydrogen-bond donors (Lipinski definition) is 3. The van der Waals surface area contributed by atoms with E-state index < -0.39 is 0 Å². The lowest BCUT2D eigenvalue weighted by molar-refractivity contribution is 0.0996. The Morgan fingerprint density at radius 2 is 1.56 bits per heavy atom. The van der Waals surface area contributed by atoms with Crippen LogP contribution in [0.1, 0.15) is 35.9 Å². The van der Waals surface area contributed by atoms with Crippen molar-refractivity contribution in [1.29, 1.82) is 0 Å². The molecule has 1 aromatic heterocycles. The predicted octanol–water partition coefficient (Wildman–Crippen LogP) is 5.46. The van der Waals surface area contributed by atoms with Crippen LogP contribution in [0.4, 0.5) is 17.1 Å². The van der Waals surface area contributed by atoms with Crippen molar-refractivity contribution >= 4 is 40.3 Å².